The lowest BCUT2D eigenvalue weighted by molar-refractivity contribution is 0.390. The number of nitrogens with zero attached hydrogens (tertiary/aromatic N) is 2. The fourth-order valence-corrected chi connectivity index (χ4v) is 2.18. The largest absolute Gasteiger partial charge is 0.359 e. The molecule has 0 aliphatic rings. The number of hydrogen-bond donors (Lipinski definition) is 1. The Bertz CT molecular complexity index is 283. The maximum absolute atomic E-state index is 4.49. The molecule has 1 aromatic rings. The SMILES string of the molecule is CCc1csc(NC(C)CCN(C)C)n1. The molecule has 1 unspecified atom stereocenters. The van der Waals surface area contributed by atoms with Crippen LogP contribution in [0.15, 0.2) is 5.38 Å². The molecule has 0 saturated heterocycles. The number of aryl methyl sites for hydroxylation is 1. The summed E-state index contributed by atoms with van der Waals surface area (Å²) in [5, 5.41) is 6.61. The topological polar surface area (TPSA) is 28.2 Å². The summed E-state index contributed by atoms with van der Waals surface area (Å²) in [5.74, 6) is 0. The van der Waals surface area contributed by atoms with Crippen molar-refractivity contribution in [3.63, 3.8) is 0 Å². The van der Waals surface area contributed by atoms with Gasteiger partial charge in [0.05, 0.1) is 5.69 Å². The average Bonchev–Trinajstić information content (AvgIpc) is 2.62. The summed E-state index contributed by atoms with van der Waals surface area (Å²) in [5.41, 5.74) is 1.18. The minimum Gasteiger partial charge on any atom is -0.359 e. The fraction of sp³-hybridized carbons (Fsp3) is 0.727. The molecule has 1 heterocycles. The summed E-state index contributed by atoms with van der Waals surface area (Å²) in [6, 6.07) is 0.489. The molecule has 0 radical (unpaired) electrons. The number of aromatic nitrogens is 1. The molecule has 0 aliphatic heterocycles. The van der Waals surface area contributed by atoms with E-state index >= 15 is 0 Å². The highest BCUT2D eigenvalue weighted by Gasteiger charge is 2.05. The number of anilines is 1. The fourth-order valence-electron chi connectivity index (χ4n) is 1.27. The zero-order valence-corrected chi connectivity index (χ0v) is 10.9. The van der Waals surface area contributed by atoms with E-state index in [0.717, 1.165) is 24.5 Å². The Morgan fingerprint density at radius 2 is 2.27 bits per heavy atom. The molecule has 1 N–H and O–H groups in total. The quantitative estimate of drug-likeness (QED) is 0.809. The van der Waals surface area contributed by atoms with Gasteiger partial charge in [-0.1, -0.05) is 6.92 Å². The van der Waals surface area contributed by atoms with Gasteiger partial charge in [-0.2, -0.15) is 0 Å². The molecule has 0 bridgehead atoms. The Kier molecular flexibility index (Phi) is 5.05. The van der Waals surface area contributed by atoms with Gasteiger partial charge in [-0.05, 0) is 40.4 Å². The van der Waals surface area contributed by atoms with Gasteiger partial charge in [0.1, 0.15) is 0 Å². The Hall–Kier alpha value is -0.610. The second-order valence-electron chi connectivity index (χ2n) is 4.13. The zero-order chi connectivity index (χ0) is 11.3. The van der Waals surface area contributed by atoms with Gasteiger partial charge in [0.25, 0.3) is 0 Å². The monoisotopic (exact) mass is 227 g/mol. The Morgan fingerprint density at radius 1 is 1.53 bits per heavy atom. The Balaban J connectivity index is 2.33. The standard InChI is InChI=1S/C11H21N3S/c1-5-10-8-15-11(13-10)12-9(2)6-7-14(3)4/h8-9H,5-7H2,1-4H3,(H,12,13). The summed E-state index contributed by atoms with van der Waals surface area (Å²) in [6.45, 7) is 5.45. The highest BCUT2D eigenvalue weighted by molar-refractivity contribution is 7.13. The van der Waals surface area contributed by atoms with Gasteiger partial charge < -0.3 is 10.2 Å². The van der Waals surface area contributed by atoms with Crippen LogP contribution in [0.1, 0.15) is 26.0 Å². The molecule has 0 fully saturated rings. The molecule has 1 aromatic heterocycles. The predicted octanol–water partition coefficient (Wildman–Crippen LogP) is 2.46. The minimum atomic E-state index is 0.489. The first-order valence-corrected chi connectivity index (χ1v) is 6.35. The molecule has 15 heavy (non-hydrogen) atoms. The highest BCUT2D eigenvalue weighted by atomic mass is 32.1. The molecule has 3 nitrogen and oxygen atoms in total. The summed E-state index contributed by atoms with van der Waals surface area (Å²) in [6.07, 6.45) is 2.16. The van der Waals surface area contributed by atoms with Crippen molar-refractivity contribution >= 4 is 16.5 Å². The number of hydrogen-bond acceptors (Lipinski definition) is 4. The van der Waals surface area contributed by atoms with Crippen LogP contribution in [0.2, 0.25) is 0 Å². The van der Waals surface area contributed by atoms with Crippen LogP contribution < -0.4 is 5.32 Å². The van der Waals surface area contributed by atoms with Crippen molar-refractivity contribution < 1.29 is 0 Å². The number of rotatable bonds is 6. The third-order valence-electron chi connectivity index (χ3n) is 2.29. The lowest BCUT2D eigenvalue weighted by Gasteiger charge is -2.15. The summed E-state index contributed by atoms with van der Waals surface area (Å²) >= 11 is 1.70. The first-order chi connectivity index (χ1) is 7.11. The van der Waals surface area contributed by atoms with E-state index in [2.05, 4.69) is 48.5 Å². The molecule has 1 atom stereocenters. The van der Waals surface area contributed by atoms with E-state index in [9.17, 15) is 0 Å². The molecule has 4 heteroatoms. The Labute approximate surface area is 96.5 Å². The van der Waals surface area contributed by atoms with E-state index in [-0.39, 0.29) is 0 Å². The van der Waals surface area contributed by atoms with Crippen LogP contribution in [0, 0.1) is 0 Å². The van der Waals surface area contributed by atoms with Crippen LogP contribution in [0.4, 0.5) is 5.13 Å². The van der Waals surface area contributed by atoms with Crippen molar-refractivity contribution in [2.24, 2.45) is 0 Å². The molecule has 0 spiro atoms. The summed E-state index contributed by atoms with van der Waals surface area (Å²) in [7, 11) is 4.20. The van der Waals surface area contributed by atoms with E-state index in [4.69, 9.17) is 0 Å². The molecule has 0 aromatic carbocycles. The molecule has 1 rings (SSSR count). The average molecular weight is 227 g/mol. The second kappa shape index (κ2) is 6.08. The van der Waals surface area contributed by atoms with E-state index in [0.29, 0.717) is 6.04 Å². The van der Waals surface area contributed by atoms with Crippen LogP contribution in [-0.2, 0) is 6.42 Å². The smallest absolute Gasteiger partial charge is 0.183 e. The van der Waals surface area contributed by atoms with Gasteiger partial charge in [-0.3, -0.25) is 0 Å². The second-order valence-corrected chi connectivity index (χ2v) is 4.99. The predicted molar refractivity (Wildman–Crippen MR) is 67.7 cm³/mol. The first kappa shape index (κ1) is 12.5. The molecule has 0 aliphatic carbocycles. The normalized spacial score (nSPS) is 13.1. The van der Waals surface area contributed by atoms with Crippen molar-refractivity contribution in [3.8, 4) is 0 Å². The number of nitrogens with one attached hydrogen (secondary N) is 1. The van der Waals surface area contributed by atoms with Crippen molar-refractivity contribution in [2.75, 3.05) is 26.0 Å². The molecule has 0 amide bonds. The van der Waals surface area contributed by atoms with Gasteiger partial charge in [0.15, 0.2) is 5.13 Å². The van der Waals surface area contributed by atoms with Crippen molar-refractivity contribution in [1.82, 2.24) is 9.88 Å². The van der Waals surface area contributed by atoms with Gasteiger partial charge in [0.2, 0.25) is 0 Å². The first-order valence-electron chi connectivity index (χ1n) is 5.47. The number of thiazole rings is 1. The van der Waals surface area contributed by atoms with Crippen molar-refractivity contribution in [1.29, 1.82) is 0 Å². The lowest BCUT2D eigenvalue weighted by Crippen LogP contribution is -2.22. The van der Waals surface area contributed by atoms with Crippen molar-refractivity contribution in [3.05, 3.63) is 11.1 Å². The van der Waals surface area contributed by atoms with Crippen LogP contribution in [-0.4, -0.2) is 36.6 Å². The zero-order valence-electron chi connectivity index (χ0n) is 10.1. The molecule has 0 saturated carbocycles. The van der Waals surface area contributed by atoms with Crippen molar-refractivity contribution in [2.45, 2.75) is 32.7 Å². The van der Waals surface area contributed by atoms with E-state index in [1.165, 1.54) is 5.69 Å². The maximum atomic E-state index is 4.49. The third kappa shape index (κ3) is 4.62. The van der Waals surface area contributed by atoms with E-state index < -0.39 is 0 Å². The third-order valence-corrected chi connectivity index (χ3v) is 3.12. The Morgan fingerprint density at radius 3 is 2.80 bits per heavy atom. The lowest BCUT2D eigenvalue weighted by atomic mass is 10.2. The summed E-state index contributed by atoms with van der Waals surface area (Å²) in [4.78, 5) is 6.70. The van der Waals surface area contributed by atoms with Crippen LogP contribution >= 0.6 is 11.3 Å². The van der Waals surface area contributed by atoms with Gasteiger partial charge >= 0.3 is 0 Å². The maximum Gasteiger partial charge on any atom is 0.183 e. The minimum absolute atomic E-state index is 0.489. The molecule has 86 valence electrons. The van der Waals surface area contributed by atoms with Gasteiger partial charge in [-0.15, -0.1) is 11.3 Å². The van der Waals surface area contributed by atoms with Gasteiger partial charge in [0, 0.05) is 11.4 Å². The van der Waals surface area contributed by atoms with E-state index in [1.807, 2.05) is 0 Å². The molecular formula is C11H21N3S. The van der Waals surface area contributed by atoms with Crippen LogP contribution in [0.5, 0.6) is 0 Å². The van der Waals surface area contributed by atoms with Crippen LogP contribution in [0.3, 0.4) is 0 Å². The van der Waals surface area contributed by atoms with Gasteiger partial charge in [-0.25, -0.2) is 4.98 Å². The summed E-state index contributed by atoms with van der Waals surface area (Å²) < 4.78 is 0. The molecular weight excluding hydrogens is 206 g/mol. The van der Waals surface area contributed by atoms with E-state index in [1.54, 1.807) is 11.3 Å². The highest BCUT2D eigenvalue weighted by Crippen LogP contribution is 2.17. The van der Waals surface area contributed by atoms with Crippen LogP contribution in [0.25, 0.3) is 0 Å².